The first-order valence-electron chi connectivity index (χ1n) is 6.10. The van der Waals surface area contributed by atoms with Crippen molar-refractivity contribution >= 4 is 10.9 Å². The van der Waals surface area contributed by atoms with Gasteiger partial charge in [0.25, 0.3) is 0 Å². The number of pyridine rings is 1. The minimum Gasteiger partial charge on any atom is -0.488 e. The Kier molecular flexibility index (Phi) is 4.13. The molecule has 0 atom stereocenters. The molecule has 0 saturated carbocycles. The van der Waals surface area contributed by atoms with Crippen LogP contribution in [0.25, 0.3) is 10.9 Å². The minimum absolute atomic E-state index is 0.495. The molecule has 0 aliphatic carbocycles. The number of fused-ring (bicyclic) bond motifs is 1. The lowest BCUT2D eigenvalue weighted by molar-refractivity contribution is 0.207. The third-order valence-corrected chi connectivity index (χ3v) is 2.66. The average molecular weight is 239 g/mol. The first-order valence-corrected chi connectivity index (χ1v) is 6.10. The van der Waals surface area contributed by atoms with Crippen LogP contribution in [0.3, 0.4) is 0 Å². The molecule has 2 rings (SSSR count). The number of para-hydroxylation sites is 1. The molecule has 0 unspecified atom stereocenters. The summed E-state index contributed by atoms with van der Waals surface area (Å²) in [6, 6.07) is 12.2. The summed E-state index contributed by atoms with van der Waals surface area (Å²) in [6.45, 7) is 4.43. The molecule has 0 amide bonds. The van der Waals surface area contributed by atoms with Crippen molar-refractivity contribution in [3.63, 3.8) is 0 Å². The van der Waals surface area contributed by atoms with Crippen LogP contribution in [-0.2, 0) is 11.3 Å². The van der Waals surface area contributed by atoms with Gasteiger partial charge in [0.2, 0.25) is 0 Å². The van der Waals surface area contributed by atoms with E-state index in [0.29, 0.717) is 6.61 Å². The number of nitrogens with zero attached hydrogens (tertiary/aromatic N) is 1. The number of hydrogen-bond acceptors (Lipinski definition) is 2. The van der Waals surface area contributed by atoms with E-state index in [1.807, 2.05) is 56.3 Å². The van der Waals surface area contributed by atoms with Gasteiger partial charge in [0.15, 0.2) is 0 Å². The first kappa shape index (κ1) is 12.4. The summed E-state index contributed by atoms with van der Waals surface area (Å²) < 4.78 is 5.68. The second-order valence-electron chi connectivity index (χ2n) is 3.98. The number of ether oxygens (including phenoxy) is 1. The molecule has 2 aromatic rings. The Balaban J connectivity index is 2.12. The van der Waals surface area contributed by atoms with Gasteiger partial charge in [-0.2, -0.15) is 0 Å². The molecule has 0 radical (unpaired) electrons. The van der Waals surface area contributed by atoms with Gasteiger partial charge in [-0.05, 0) is 38.1 Å². The van der Waals surface area contributed by atoms with E-state index in [2.05, 4.69) is 17.1 Å². The number of allylic oxidation sites excluding steroid dienone is 3. The van der Waals surface area contributed by atoms with Crippen molar-refractivity contribution in [1.29, 1.82) is 0 Å². The van der Waals surface area contributed by atoms with E-state index < -0.39 is 0 Å². The van der Waals surface area contributed by atoms with E-state index in [4.69, 9.17) is 4.74 Å². The summed E-state index contributed by atoms with van der Waals surface area (Å²) in [7, 11) is 0. The monoisotopic (exact) mass is 239 g/mol. The maximum atomic E-state index is 5.68. The van der Waals surface area contributed by atoms with Crippen molar-refractivity contribution in [3.8, 4) is 0 Å². The zero-order chi connectivity index (χ0) is 12.8. The molecule has 2 heteroatoms. The third kappa shape index (κ3) is 2.98. The minimum atomic E-state index is 0.495. The van der Waals surface area contributed by atoms with Gasteiger partial charge in [0.1, 0.15) is 12.4 Å². The van der Waals surface area contributed by atoms with Crippen LogP contribution in [0, 0.1) is 0 Å². The van der Waals surface area contributed by atoms with Crippen molar-refractivity contribution < 1.29 is 4.74 Å². The van der Waals surface area contributed by atoms with Gasteiger partial charge in [-0.15, -0.1) is 0 Å². The van der Waals surface area contributed by atoms with Crippen molar-refractivity contribution in [2.75, 3.05) is 0 Å². The average Bonchev–Trinajstić information content (AvgIpc) is 2.43. The summed E-state index contributed by atoms with van der Waals surface area (Å²) in [5.41, 5.74) is 1.95. The van der Waals surface area contributed by atoms with Gasteiger partial charge in [-0.3, -0.25) is 0 Å². The number of hydrogen-bond donors (Lipinski definition) is 0. The highest BCUT2D eigenvalue weighted by molar-refractivity contribution is 5.78. The van der Waals surface area contributed by atoms with Crippen LogP contribution in [0.5, 0.6) is 0 Å². The van der Waals surface area contributed by atoms with Gasteiger partial charge >= 0.3 is 0 Å². The Bertz CT molecular complexity index is 584. The highest BCUT2D eigenvalue weighted by atomic mass is 16.5. The van der Waals surface area contributed by atoms with Crippen LogP contribution in [0.2, 0.25) is 0 Å². The lowest BCUT2D eigenvalue weighted by atomic mass is 10.2. The Morgan fingerprint density at radius 1 is 1.17 bits per heavy atom. The van der Waals surface area contributed by atoms with Gasteiger partial charge in [0.05, 0.1) is 11.2 Å². The molecular formula is C16H17NO. The standard InChI is InChI=1S/C16H17NO/c1-3-7-15(4-2)18-12-14-11-10-13-8-5-6-9-16(13)17-14/h3-11H,12H2,1-2H3/b7-3-,15-4+. The molecule has 0 fully saturated rings. The Morgan fingerprint density at radius 3 is 2.78 bits per heavy atom. The summed E-state index contributed by atoms with van der Waals surface area (Å²) >= 11 is 0. The Hall–Kier alpha value is -2.09. The van der Waals surface area contributed by atoms with Crippen molar-refractivity contribution in [1.82, 2.24) is 4.98 Å². The summed E-state index contributed by atoms with van der Waals surface area (Å²) in [6.07, 6.45) is 5.85. The Morgan fingerprint density at radius 2 is 2.00 bits per heavy atom. The number of aromatic nitrogens is 1. The normalized spacial score (nSPS) is 12.2. The van der Waals surface area contributed by atoms with Crippen LogP contribution in [-0.4, -0.2) is 4.98 Å². The fourth-order valence-corrected chi connectivity index (χ4v) is 1.74. The number of rotatable bonds is 4. The topological polar surface area (TPSA) is 22.1 Å². The van der Waals surface area contributed by atoms with Crippen molar-refractivity contribution in [3.05, 3.63) is 66.1 Å². The molecule has 2 nitrogen and oxygen atoms in total. The molecule has 0 aliphatic heterocycles. The van der Waals surface area contributed by atoms with Crippen molar-refractivity contribution in [2.45, 2.75) is 20.5 Å². The van der Waals surface area contributed by atoms with E-state index in [1.54, 1.807) is 0 Å². The van der Waals surface area contributed by atoms with Crippen LogP contribution < -0.4 is 0 Å². The predicted molar refractivity (Wildman–Crippen MR) is 75.1 cm³/mol. The third-order valence-electron chi connectivity index (χ3n) is 2.66. The molecule has 0 N–H and O–H groups in total. The van der Waals surface area contributed by atoms with Gasteiger partial charge < -0.3 is 4.74 Å². The van der Waals surface area contributed by atoms with Gasteiger partial charge in [-0.1, -0.05) is 30.3 Å². The highest BCUT2D eigenvalue weighted by Gasteiger charge is 1.99. The number of benzene rings is 1. The molecule has 92 valence electrons. The maximum absolute atomic E-state index is 5.68. The quantitative estimate of drug-likeness (QED) is 0.588. The van der Waals surface area contributed by atoms with Crippen LogP contribution in [0.15, 0.2) is 60.4 Å². The lowest BCUT2D eigenvalue weighted by Crippen LogP contribution is -1.95. The van der Waals surface area contributed by atoms with Gasteiger partial charge in [-0.25, -0.2) is 4.98 Å². The fourth-order valence-electron chi connectivity index (χ4n) is 1.74. The van der Waals surface area contributed by atoms with Crippen LogP contribution in [0.1, 0.15) is 19.5 Å². The summed E-state index contributed by atoms with van der Waals surface area (Å²) in [5, 5.41) is 1.15. The molecule has 0 spiro atoms. The van der Waals surface area contributed by atoms with Crippen LogP contribution >= 0.6 is 0 Å². The zero-order valence-electron chi connectivity index (χ0n) is 10.8. The highest BCUT2D eigenvalue weighted by Crippen LogP contribution is 2.13. The Labute approximate surface area is 108 Å². The zero-order valence-corrected chi connectivity index (χ0v) is 10.8. The summed E-state index contributed by atoms with van der Waals surface area (Å²) in [4.78, 5) is 4.57. The van der Waals surface area contributed by atoms with E-state index >= 15 is 0 Å². The van der Waals surface area contributed by atoms with E-state index in [1.165, 1.54) is 0 Å². The first-order chi connectivity index (χ1) is 8.83. The summed E-state index contributed by atoms with van der Waals surface area (Å²) in [5.74, 6) is 0.868. The lowest BCUT2D eigenvalue weighted by Gasteiger charge is -2.07. The maximum Gasteiger partial charge on any atom is 0.130 e. The molecule has 1 aromatic carbocycles. The SMILES string of the molecule is C/C=C\C(=C/C)OCc1ccc2ccccc2n1. The van der Waals surface area contributed by atoms with Crippen LogP contribution in [0.4, 0.5) is 0 Å². The molecule has 0 saturated heterocycles. The fraction of sp³-hybridized carbons (Fsp3) is 0.188. The second kappa shape index (κ2) is 6.01. The molecule has 0 bridgehead atoms. The van der Waals surface area contributed by atoms with E-state index in [0.717, 1.165) is 22.4 Å². The van der Waals surface area contributed by atoms with E-state index in [9.17, 15) is 0 Å². The predicted octanol–water partition coefficient (Wildman–Crippen LogP) is 4.23. The molecule has 0 aliphatic rings. The smallest absolute Gasteiger partial charge is 0.130 e. The molecular weight excluding hydrogens is 222 g/mol. The largest absolute Gasteiger partial charge is 0.488 e. The molecule has 18 heavy (non-hydrogen) atoms. The van der Waals surface area contributed by atoms with Crippen molar-refractivity contribution in [2.24, 2.45) is 0 Å². The van der Waals surface area contributed by atoms with Gasteiger partial charge in [0, 0.05) is 5.39 Å². The second-order valence-corrected chi connectivity index (χ2v) is 3.98. The van der Waals surface area contributed by atoms with E-state index in [-0.39, 0.29) is 0 Å². The molecule has 1 aromatic heterocycles. The molecule has 1 heterocycles.